The van der Waals surface area contributed by atoms with Crippen molar-refractivity contribution in [3.05, 3.63) is 76.0 Å². The van der Waals surface area contributed by atoms with Crippen LogP contribution in [0.3, 0.4) is 0 Å². The topological polar surface area (TPSA) is 35.5 Å². The van der Waals surface area contributed by atoms with Gasteiger partial charge in [-0.05, 0) is 49.8 Å². The fraction of sp³-hybridized carbons (Fsp3) is 0.150. The van der Waals surface area contributed by atoms with Crippen LogP contribution in [0.4, 0.5) is 0 Å². The Labute approximate surface area is 146 Å². The predicted octanol–water partition coefficient (Wildman–Crippen LogP) is 5.30. The first-order chi connectivity index (χ1) is 11.5. The Kier molecular flexibility index (Phi) is 4.72. The molecule has 0 radical (unpaired) electrons. The van der Waals surface area contributed by atoms with Gasteiger partial charge in [0.25, 0.3) is 0 Å². The van der Waals surface area contributed by atoms with Crippen molar-refractivity contribution in [2.75, 3.05) is 6.61 Å². The summed E-state index contributed by atoms with van der Waals surface area (Å²) in [5.41, 5.74) is 2.46. The number of carbonyl (C=O) groups is 1. The second-order valence-electron chi connectivity index (χ2n) is 5.71. The van der Waals surface area contributed by atoms with Crippen LogP contribution in [0.2, 0.25) is 5.02 Å². The van der Waals surface area contributed by atoms with Gasteiger partial charge in [-0.1, -0.05) is 35.4 Å². The van der Waals surface area contributed by atoms with Crippen molar-refractivity contribution in [2.24, 2.45) is 0 Å². The van der Waals surface area contributed by atoms with Crippen molar-refractivity contribution in [3.63, 3.8) is 0 Å². The van der Waals surface area contributed by atoms with Crippen molar-refractivity contribution in [1.82, 2.24) is 0 Å². The van der Waals surface area contributed by atoms with Crippen LogP contribution in [-0.2, 0) is 0 Å². The molecule has 0 fully saturated rings. The summed E-state index contributed by atoms with van der Waals surface area (Å²) in [6.45, 7) is 4.51. The standard InChI is InChI=1S/C20H17ClO3/c1-13(2)9-10-23-15-7-8-16-18(12-15)24-19(20(16)22)11-14-5-3-4-6-17(14)21/h3-9,11-12H,10H2,1-2H3. The normalized spacial score (nSPS) is 14.3. The lowest BCUT2D eigenvalue weighted by Gasteiger charge is -2.05. The van der Waals surface area contributed by atoms with Crippen molar-refractivity contribution in [1.29, 1.82) is 0 Å². The van der Waals surface area contributed by atoms with Crippen molar-refractivity contribution in [3.8, 4) is 11.5 Å². The Morgan fingerprint density at radius 2 is 2.00 bits per heavy atom. The number of rotatable bonds is 4. The molecular weight excluding hydrogens is 324 g/mol. The number of halogens is 1. The minimum absolute atomic E-state index is 0.152. The number of allylic oxidation sites excluding steroid dienone is 2. The van der Waals surface area contributed by atoms with E-state index in [1.807, 2.05) is 38.1 Å². The third kappa shape index (κ3) is 3.52. The molecule has 2 aromatic rings. The predicted molar refractivity (Wildman–Crippen MR) is 95.8 cm³/mol. The smallest absolute Gasteiger partial charge is 0.231 e. The first-order valence-electron chi connectivity index (χ1n) is 7.63. The zero-order chi connectivity index (χ0) is 17.1. The van der Waals surface area contributed by atoms with Gasteiger partial charge in [0.05, 0.1) is 5.56 Å². The van der Waals surface area contributed by atoms with Crippen LogP contribution in [0.1, 0.15) is 29.8 Å². The molecule has 4 heteroatoms. The van der Waals surface area contributed by atoms with E-state index < -0.39 is 0 Å². The number of hydrogen-bond donors (Lipinski definition) is 0. The maximum absolute atomic E-state index is 12.4. The highest BCUT2D eigenvalue weighted by Gasteiger charge is 2.27. The molecule has 1 aliphatic heterocycles. The second-order valence-corrected chi connectivity index (χ2v) is 6.12. The first kappa shape index (κ1) is 16.3. The third-order valence-electron chi connectivity index (χ3n) is 3.57. The van der Waals surface area contributed by atoms with Gasteiger partial charge >= 0.3 is 0 Å². The Bertz CT molecular complexity index is 846. The number of hydrogen-bond acceptors (Lipinski definition) is 3. The van der Waals surface area contributed by atoms with Crippen LogP contribution in [0.5, 0.6) is 11.5 Å². The maximum atomic E-state index is 12.4. The Balaban J connectivity index is 1.82. The van der Waals surface area contributed by atoms with E-state index in [4.69, 9.17) is 21.1 Å². The van der Waals surface area contributed by atoms with E-state index in [0.29, 0.717) is 28.7 Å². The molecule has 0 aromatic heterocycles. The van der Waals surface area contributed by atoms with E-state index in [2.05, 4.69) is 0 Å². The molecule has 0 amide bonds. The molecule has 0 aliphatic carbocycles. The van der Waals surface area contributed by atoms with Gasteiger partial charge in [-0.2, -0.15) is 0 Å². The highest BCUT2D eigenvalue weighted by Crippen LogP contribution is 2.35. The SMILES string of the molecule is CC(C)=CCOc1ccc2c(c1)OC(=Cc1ccccc1Cl)C2=O. The average molecular weight is 341 g/mol. The third-order valence-corrected chi connectivity index (χ3v) is 3.92. The lowest BCUT2D eigenvalue weighted by atomic mass is 10.1. The van der Waals surface area contributed by atoms with Gasteiger partial charge < -0.3 is 9.47 Å². The van der Waals surface area contributed by atoms with Crippen LogP contribution in [0.15, 0.2) is 59.9 Å². The zero-order valence-corrected chi connectivity index (χ0v) is 14.3. The molecule has 0 atom stereocenters. The second kappa shape index (κ2) is 6.93. The first-order valence-corrected chi connectivity index (χ1v) is 8.01. The molecule has 24 heavy (non-hydrogen) atoms. The lowest BCUT2D eigenvalue weighted by Crippen LogP contribution is -1.98. The summed E-state index contributed by atoms with van der Waals surface area (Å²) in [5, 5.41) is 0.572. The summed E-state index contributed by atoms with van der Waals surface area (Å²) in [7, 11) is 0. The minimum Gasteiger partial charge on any atom is -0.489 e. The molecule has 0 unspecified atom stereocenters. The van der Waals surface area contributed by atoms with Crippen molar-refractivity contribution < 1.29 is 14.3 Å². The molecule has 0 saturated heterocycles. The lowest BCUT2D eigenvalue weighted by molar-refractivity contribution is 0.101. The van der Waals surface area contributed by atoms with Crippen LogP contribution in [-0.4, -0.2) is 12.4 Å². The van der Waals surface area contributed by atoms with Gasteiger partial charge in [0.1, 0.15) is 18.1 Å². The van der Waals surface area contributed by atoms with Gasteiger partial charge in [0.2, 0.25) is 5.78 Å². The highest BCUT2D eigenvalue weighted by molar-refractivity contribution is 6.32. The number of ketones is 1. The summed E-state index contributed by atoms with van der Waals surface area (Å²) in [4.78, 5) is 12.4. The zero-order valence-electron chi connectivity index (χ0n) is 13.5. The van der Waals surface area contributed by atoms with Crippen LogP contribution in [0.25, 0.3) is 6.08 Å². The average Bonchev–Trinajstić information content (AvgIpc) is 2.85. The van der Waals surface area contributed by atoms with E-state index in [9.17, 15) is 4.79 Å². The Hall–Kier alpha value is -2.52. The van der Waals surface area contributed by atoms with Crippen LogP contribution >= 0.6 is 11.6 Å². The molecule has 0 bridgehead atoms. The van der Waals surface area contributed by atoms with Crippen molar-refractivity contribution in [2.45, 2.75) is 13.8 Å². The molecule has 3 rings (SSSR count). The van der Waals surface area contributed by atoms with E-state index in [-0.39, 0.29) is 11.5 Å². The van der Waals surface area contributed by atoms with Crippen LogP contribution in [0, 0.1) is 0 Å². The van der Waals surface area contributed by atoms with Gasteiger partial charge in [-0.15, -0.1) is 0 Å². The summed E-state index contributed by atoms with van der Waals surface area (Å²) in [6, 6.07) is 12.5. The van der Waals surface area contributed by atoms with Gasteiger partial charge in [-0.3, -0.25) is 4.79 Å². The molecular formula is C20H17ClO3. The van der Waals surface area contributed by atoms with E-state index in [1.165, 1.54) is 5.57 Å². The molecule has 2 aromatic carbocycles. The number of fused-ring (bicyclic) bond motifs is 1. The molecule has 1 aliphatic rings. The molecule has 3 nitrogen and oxygen atoms in total. The fourth-order valence-electron chi connectivity index (χ4n) is 2.29. The highest BCUT2D eigenvalue weighted by atomic mass is 35.5. The van der Waals surface area contributed by atoms with E-state index in [0.717, 1.165) is 5.56 Å². The fourth-order valence-corrected chi connectivity index (χ4v) is 2.49. The van der Waals surface area contributed by atoms with Gasteiger partial charge in [0, 0.05) is 11.1 Å². The van der Waals surface area contributed by atoms with Gasteiger partial charge in [-0.25, -0.2) is 0 Å². The quantitative estimate of drug-likeness (QED) is 0.559. The Morgan fingerprint density at radius 3 is 2.75 bits per heavy atom. The number of ether oxygens (including phenoxy) is 2. The molecule has 0 N–H and O–H groups in total. The summed E-state index contributed by atoms with van der Waals surface area (Å²) >= 11 is 6.13. The number of Topliss-reactive ketones (excluding diaryl/α,β-unsaturated/α-hetero) is 1. The van der Waals surface area contributed by atoms with Gasteiger partial charge in [0.15, 0.2) is 5.76 Å². The van der Waals surface area contributed by atoms with E-state index in [1.54, 1.807) is 30.3 Å². The summed E-state index contributed by atoms with van der Waals surface area (Å²) in [5.74, 6) is 1.28. The summed E-state index contributed by atoms with van der Waals surface area (Å²) in [6.07, 6.45) is 3.65. The summed E-state index contributed by atoms with van der Waals surface area (Å²) < 4.78 is 11.3. The molecule has 1 heterocycles. The maximum Gasteiger partial charge on any atom is 0.231 e. The molecule has 0 spiro atoms. The minimum atomic E-state index is -0.152. The number of carbonyl (C=O) groups excluding carboxylic acids is 1. The molecule has 122 valence electrons. The largest absolute Gasteiger partial charge is 0.489 e. The van der Waals surface area contributed by atoms with Crippen molar-refractivity contribution >= 4 is 23.5 Å². The van der Waals surface area contributed by atoms with E-state index >= 15 is 0 Å². The Morgan fingerprint density at radius 1 is 1.21 bits per heavy atom. The van der Waals surface area contributed by atoms with Crippen LogP contribution < -0.4 is 9.47 Å². The molecule has 0 saturated carbocycles. The number of benzene rings is 2. The monoisotopic (exact) mass is 340 g/mol.